The first-order chi connectivity index (χ1) is 18.6. The quantitative estimate of drug-likeness (QED) is 0.0829. The Morgan fingerprint density at radius 3 is 2.00 bits per heavy atom. The lowest BCUT2D eigenvalue weighted by atomic mass is 9.99. The number of carbonyl (C=O) groups is 1. The molecule has 0 aromatic heterocycles. The second-order valence-corrected chi connectivity index (χ2v) is 9.97. The van der Waals surface area contributed by atoms with Crippen LogP contribution in [0, 0.1) is 0 Å². The molecule has 0 aliphatic heterocycles. The molecule has 0 N–H and O–H groups in total. The second-order valence-electron chi connectivity index (χ2n) is 9.97. The van der Waals surface area contributed by atoms with Gasteiger partial charge in [0, 0.05) is 6.21 Å². The van der Waals surface area contributed by atoms with Gasteiger partial charge in [-0.1, -0.05) is 77.8 Å². The maximum absolute atomic E-state index is 12.6. The molecule has 0 fully saturated rings. The van der Waals surface area contributed by atoms with Crippen molar-refractivity contribution in [2.24, 2.45) is 4.99 Å². The minimum atomic E-state index is -0.387. The molecule has 0 saturated carbocycles. The van der Waals surface area contributed by atoms with E-state index in [9.17, 15) is 4.79 Å². The Balaban J connectivity index is 1.39. The standard InChI is InChI=1S/C34H43NO3/c1-4-6-7-8-9-10-11-12-25-37-32-23-17-30(18-24-32)34(36)38-33-21-13-28(14-22-33)26-35-31-19-15-29(16-20-31)27(3)5-2/h13-24,26-27H,4-12,25H2,1-3H3/t27-/m0/s1. The summed E-state index contributed by atoms with van der Waals surface area (Å²) < 4.78 is 11.4. The Hall–Kier alpha value is -3.40. The Kier molecular flexibility index (Phi) is 12.6. The number of unbranched alkanes of at least 4 members (excludes halogenated alkanes) is 7. The summed E-state index contributed by atoms with van der Waals surface area (Å²) in [5.74, 6) is 1.45. The van der Waals surface area contributed by atoms with Crippen LogP contribution < -0.4 is 9.47 Å². The van der Waals surface area contributed by atoms with Crippen LogP contribution >= 0.6 is 0 Å². The van der Waals surface area contributed by atoms with Crippen LogP contribution in [0.5, 0.6) is 11.5 Å². The highest BCUT2D eigenvalue weighted by Crippen LogP contribution is 2.22. The van der Waals surface area contributed by atoms with Crippen LogP contribution in [-0.2, 0) is 0 Å². The monoisotopic (exact) mass is 513 g/mol. The van der Waals surface area contributed by atoms with Gasteiger partial charge in [0.05, 0.1) is 17.9 Å². The van der Waals surface area contributed by atoms with Gasteiger partial charge in [-0.05, 0) is 90.6 Å². The minimum absolute atomic E-state index is 0.387. The Labute approximate surface area is 229 Å². The zero-order valence-corrected chi connectivity index (χ0v) is 23.3. The Morgan fingerprint density at radius 2 is 1.37 bits per heavy atom. The van der Waals surface area contributed by atoms with Gasteiger partial charge in [-0.15, -0.1) is 0 Å². The van der Waals surface area contributed by atoms with Crippen molar-refractivity contribution in [1.29, 1.82) is 0 Å². The molecule has 0 spiro atoms. The minimum Gasteiger partial charge on any atom is -0.494 e. The highest BCUT2D eigenvalue weighted by Gasteiger charge is 2.09. The van der Waals surface area contributed by atoms with Crippen molar-refractivity contribution in [3.63, 3.8) is 0 Å². The van der Waals surface area contributed by atoms with Gasteiger partial charge < -0.3 is 9.47 Å². The maximum Gasteiger partial charge on any atom is 0.343 e. The molecule has 38 heavy (non-hydrogen) atoms. The Morgan fingerprint density at radius 1 is 0.763 bits per heavy atom. The van der Waals surface area contributed by atoms with Crippen molar-refractivity contribution in [3.05, 3.63) is 89.5 Å². The number of hydrogen-bond acceptors (Lipinski definition) is 4. The molecule has 0 bridgehead atoms. The van der Waals surface area contributed by atoms with Crippen molar-refractivity contribution in [2.45, 2.75) is 84.5 Å². The van der Waals surface area contributed by atoms with E-state index in [1.165, 1.54) is 50.5 Å². The first kappa shape index (κ1) is 29.2. The topological polar surface area (TPSA) is 47.9 Å². The summed E-state index contributed by atoms with van der Waals surface area (Å²) in [5.41, 5.74) is 3.68. The average molecular weight is 514 g/mol. The molecule has 0 saturated heterocycles. The number of esters is 1. The summed E-state index contributed by atoms with van der Waals surface area (Å²) in [7, 11) is 0. The first-order valence-electron chi connectivity index (χ1n) is 14.3. The van der Waals surface area contributed by atoms with E-state index in [4.69, 9.17) is 9.47 Å². The fourth-order valence-electron chi connectivity index (χ4n) is 4.17. The summed E-state index contributed by atoms with van der Waals surface area (Å²) in [6.45, 7) is 7.38. The Bertz CT molecular complexity index is 1100. The van der Waals surface area contributed by atoms with E-state index < -0.39 is 0 Å². The molecule has 4 nitrogen and oxygen atoms in total. The highest BCUT2D eigenvalue weighted by molar-refractivity contribution is 5.91. The SMILES string of the molecule is CCCCCCCCCCOc1ccc(C(=O)Oc2ccc(C=Nc3ccc([C@@H](C)CC)cc3)cc2)cc1. The molecule has 202 valence electrons. The van der Waals surface area contributed by atoms with E-state index in [1.54, 1.807) is 24.3 Å². The predicted molar refractivity (Wildman–Crippen MR) is 158 cm³/mol. The van der Waals surface area contributed by atoms with E-state index in [-0.39, 0.29) is 5.97 Å². The van der Waals surface area contributed by atoms with Crippen LogP contribution in [0.1, 0.15) is 106 Å². The number of nitrogens with zero attached hydrogens (tertiary/aromatic N) is 1. The number of ether oxygens (including phenoxy) is 2. The van der Waals surface area contributed by atoms with Gasteiger partial charge in [-0.3, -0.25) is 4.99 Å². The third kappa shape index (κ3) is 10.2. The third-order valence-corrected chi connectivity index (χ3v) is 6.88. The molecular weight excluding hydrogens is 470 g/mol. The van der Waals surface area contributed by atoms with Crippen LogP contribution in [0.2, 0.25) is 0 Å². The molecule has 0 amide bonds. The molecule has 0 aliphatic carbocycles. The fraction of sp³-hybridized carbons (Fsp3) is 0.412. The lowest BCUT2D eigenvalue weighted by molar-refractivity contribution is 0.0734. The van der Waals surface area contributed by atoms with Gasteiger partial charge in [-0.2, -0.15) is 0 Å². The molecule has 1 atom stereocenters. The van der Waals surface area contributed by atoms with Crippen LogP contribution in [0.4, 0.5) is 5.69 Å². The molecular formula is C34H43NO3. The molecule has 0 heterocycles. The number of benzene rings is 3. The molecule has 4 heteroatoms. The number of rotatable bonds is 16. The van der Waals surface area contributed by atoms with Crippen LogP contribution in [0.15, 0.2) is 77.8 Å². The third-order valence-electron chi connectivity index (χ3n) is 6.88. The van der Waals surface area contributed by atoms with Crippen LogP contribution in [-0.4, -0.2) is 18.8 Å². The lowest BCUT2D eigenvalue weighted by Crippen LogP contribution is -2.08. The summed E-state index contributed by atoms with van der Waals surface area (Å²) >= 11 is 0. The maximum atomic E-state index is 12.6. The normalized spacial score (nSPS) is 12.0. The van der Waals surface area contributed by atoms with E-state index >= 15 is 0 Å². The summed E-state index contributed by atoms with van der Waals surface area (Å²) in [6.07, 6.45) is 13.1. The number of hydrogen-bond donors (Lipinski definition) is 0. The van der Waals surface area contributed by atoms with E-state index in [2.05, 4.69) is 37.9 Å². The van der Waals surface area contributed by atoms with Crippen molar-refractivity contribution in [2.75, 3.05) is 6.61 Å². The van der Waals surface area contributed by atoms with E-state index in [1.807, 2.05) is 42.6 Å². The number of carbonyl (C=O) groups excluding carboxylic acids is 1. The second kappa shape index (κ2) is 16.4. The number of aliphatic imine (C=N–C) groups is 1. The summed E-state index contributed by atoms with van der Waals surface area (Å²) in [5, 5.41) is 0. The van der Waals surface area contributed by atoms with E-state index in [0.717, 1.165) is 29.8 Å². The summed E-state index contributed by atoms with van der Waals surface area (Å²) in [4.78, 5) is 17.1. The molecule has 3 aromatic carbocycles. The van der Waals surface area contributed by atoms with Gasteiger partial charge >= 0.3 is 5.97 Å². The lowest BCUT2D eigenvalue weighted by Gasteiger charge is -2.08. The highest BCUT2D eigenvalue weighted by atomic mass is 16.5. The summed E-state index contributed by atoms with van der Waals surface area (Å²) in [6, 6.07) is 22.9. The predicted octanol–water partition coefficient (Wildman–Crippen LogP) is 9.69. The molecule has 3 aromatic rings. The van der Waals surface area contributed by atoms with Gasteiger partial charge in [0.15, 0.2) is 0 Å². The van der Waals surface area contributed by atoms with Gasteiger partial charge in [0.25, 0.3) is 0 Å². The molecule has 3 rings (SSSR count). The molecule has 0 radical (unpaired) electrons. The zero-order valence-electron chi connectivity index (χ0n) is 23.3. The largest absolute Gasteiger partial charge is 0.494 e. The molecule has 0 unspecified atom stereocenters. The first-order valence-corrected chi connectivity index (χ1v) is 14.3. The van der Waals surface area contributed by atoms with Crippen molar-refractivity contribution >= 4 is 17.9 Å². The molecule has 0 aliphatic rings. The fourth-order valence-corrected chi connectivity index (χ4v) is 4.17. The van der Waals surface area contributed by atoms with Gasteiger partial charge in [-0.25, -0.2) is 4.79 Å². The van der Waals surface area contributed by atoms with Crippen LogP contribution in [0.3, 0.4) is 0 Å². The van der Waals surface area contributed by atoms with E-state index in [0.29, 0.717) is 23.8 Å². The van der Waals surface area contributed by atoms with Crippen molar-refractivity contribution in [3.8, 4) is 11.5 Å². The van der Waals surface area contributed by atoms with Crippen molar-refractivity contribution in [1.82, 2.24) is 0 Å². The van der Waals surface area contributed by atoms with Crippen LogP contribution in [0.25, 0.3) is 0 Å². The smallest absolute Gasteiger partial charge is 0.343 e. The zero-order chi connectivity index (χ0) is 27.0. The van der Waals surface area contributed by atoms with Gasteiger partial charge in [0.2, 0.25) is 0 Å². The van der Waals surface area contributed by atoms with Crippen molar-refractivity contribution < 1.29 is 14.3 Å². The average Bonchev–Trinajstić information content (AvgIpc) is 2.96. The van der Waals surface area contributed by atoms with Gasteiger partial charge in [0.1, 0.15) is 11.5 Å².